The van der Waals surface area contributed by atoms with Gasteiger partial charge in [-0.15, -0.1) is 11.6 Å². The van der Waals surface area contributed by atoms with E-state index in [1.54, 1.807) is 0 Å². The van der Waals surface area contributed by atoms with Crippen molar-refractivity contribution >= 4 is 17.6 Å². The SMILES string of the molecule is CCCCCCC=C[C@@H]1[C@H](CCCCCC(O)(O)C(=O)O)CC[C@H]1CCl. The third-order valence-electron chi connectivity index (χ3n) is 5.72. The second kappa shape index (κ2) is 12.7. The first-order valence-corrected chi connectivity index (χ1v) is 10.9. The second-order valence-electron chi connectivity index (χ2n) is 7.83. The Bertz CT molecular complexity index is 422. The van der Waals surface area contributed by atoms with Crippen LogP contribution in [0, 0.1) is 17.8 Å². The van der Waals surface area contributed by atoms with Crippen molar-refractivity contribution < 1.29 is 20.1 Å². The van der Waals surface area contributed by atoms with Gasteiger partial charge in [-0.2, -0.15) is 0 Å². The van der Waals surface area contributed by atoms with Crippen LogP contribution in [0.15, 0.2) is 12.2 Å². The summed E-state index contributed by atoms with van der Waals surface area (Å²) >= 11 is 6.17. The molecule has 4 nitrogen and oxygen atoms in total. The van der Waals surface area contributed by atoms with E-state index in [4.69, 9.17) is 16.7 Å². The van der Waals surface area contributed by atoms with E-state index < -0.39 is 11.8 Å². The number of halogens is 1. The highest BCUT2D eigenvalue weighted by molar-refractivity contribution is 6.18. The van der Waals surface area contributed by atoms with Gasteiger partial charge in [0.1, 0.15) is 0 Å². The van der Waals surface area contributed by atoms with E-state index in [-0.39, 0.29) is 6.42 Å². The van der Waals surface area contributed by atoms with Crippen LogP contribution >= 0.6 is 11.6 Å². The largest absolute Gasteiger partial charge is 0.477 e. The molecule has 3 atom stereocenters. The third-order valence-corrected chi connectivity index (χ3v) is 6.12. The fourth-order valence-electron chi connectivity index (χ4n) is 4.03. The van der Waals surface area contributed by atoms with Crippen LogP contribution in [0.2, 0.25) is 0 Å². The Morgan fingerprint density at radius 2 is 1.77 bits per heavy atom. The Kier molecular flexibility index (Phi) is 11.5. The average Bonchev–Trinajstić information content (AvgIpc) is 2.99. The Balaban J connectivity index is 2.32. The molecule has 0 aromatic rings. The van der Waals surface area contributed by atoms with E-state index in [0.717, 1.165) is 31.6 Å². The van der Waals surface area contributed by atoms with E-state index in [1.165, 1.54) is 38.5 Å². The quantitative estimate of drug-likeness (QED) is 0.167. The Labute approximate surface area is 163 Å². The third kappa shape index (κ3) is 8.41. The van der Waals surface area contributed by atoms with Gasteiger partial charge in [-0.25, -0.2) is 4.79 Å². The minimum Gasteiger partial charge on any atom is -0.477 e. The van der Waals surface area contributed by atoms with Crippen LogP contribution in [-0.2, 0) is 4.79 Å². The molecule has 0 spiro atoms. The van der Waals surface area contributed by atoms with Crippen molar-refractivity contribution in [2.75, 3.05) is 5.88 Å². The minimum atomic E-state index is -2.58. The molecule has 3 N–H and O–H groups in total. The maximum Gasteiger partial charge on any atom is 0.364 e. The number of rotatable bonds is 14. The van der Waals surface area contributed by atoms with E-state index in [2.05, 4.69) is 19.1 Å². The maximum atomic E-state index is 10.7. The lowest BCUT2D eigenvalue weighted by Crippen LogP contribution is -2.37. The van der Waals surface area contributed by atoms with Crippen molar-refractivity contribution in [1.29, 1.82) is 0 Å². The van der Waals surface area contributed by atoms with Crippen molar-refractivity contribution in [3.05, 3.63) is 12.2 Å². The van der Waals surface area contributed by atoms with Gasteiger partial charge in [-0.05, 0) is 56.3 Å². The molecular formula is C21H37ClO4. The zero-order chi connectivity index (χ0) is 19.4. The number of carboxylic acids is 1. The number of hydrogen-bond acceptors (Lipinski definition) is 3. The zero-order valence-electron chi connectivity index (χ0n) is 16.2. The standard InChI is InChI=1S/C21H37ClO4/c1-2-3-4-5-6-9-12-19-17(13-14-18(19)16-22)11-8-7-10-15-21(25,26)20(23)24/h9,12,17-19,25-26H,2-8,10-11,13-16H2,1H3,(H,23,24)/t17-,18+,19-/m1/s1. The van der Waals surface area contributed by atoms with Crippen molar-refractivity contribution in [2.24, 2.45) is 17.8 Å². The summed E-state index contributed by atoms with van der Waals surface area (Å²) in [6.07, 6.45) is 16.8. The number of alkyl halides is 1. The van der Waals surface area contributed by atoms with E-state index in [0.29, 0.717) is 24.2 Å². The highest BCUT2D eigenvalue weighted by Gasteiger charge is 2.34. The van der Waals surface area contributed by atoms with Gasteiger partial charge in [0.25, 0.3) is 5.79 Å². The minimum absolute atomic E-state index is 0.113. The number of unbranched alkanes of at least 4 members (excludes halogenated alkanes) is 6. The predicted molar refractivity (Wildman–Crippen MR) is 106 cm³/mol. The van der Waals surface area contributed by atoms with Gasteiger partial charge in [0.15, 0.2) is 0 Å². The Morgan fingerprint density at radius 1 is 1.08 bits per heavy atom. The number of aliphatic hydroxyl groups is 2. The normalized spacial score (nSPS) is 23.8. The molecule has 0 bridgehead atoms. The zero-order valence-corrected chi connectivity index (χ0v) is 17.0. The van der Waals surface area contributed by atoms with E-state index >= 15 is 0 Å². The molecule has 1 rings (SSSR count). The number of carboxylic acid groups (broad SMARTS) is 1. The summed E-state index contributed by atoms with van der Waals surface area (Å²) < 4.78 is 0. The van der Waals surface area contributed by atoms with Crippen LogP contribution in [0.25, 0.3) is 0 Å². The molecule has 26 heavy (non-hydrogen) atoms. The molecule has 0 radical (unpaired) electrons. The first-order valence-electron chi connectivity index (χ1n) is 10.3. The van der Waals surface area contributed by atoms with Gasteiger partial charge in [0.2, 0.25) is 0 Å². The fraction of sp³-hybridized carbons (Fsp3) is 0.857. The Hall–Kier alpha value is -0.580. The molecule has 1 aliphatic carbocycles. The van der Waals surface area contributed by atoms with Gasteiger partial charge in [-0.3, -0.25) is 0 Å². The number of allylic oxidation sites excluding steroid dienone is 2. The lowest BCUT2D eigenvalue weighted by Gasteiger charge is -2.21. The van der Waals surface area contributed by atoms with Gasteiger partial charge >= 0.3 is 5.97 Å². The lowest BCUT2D eigenvalue weighted by atomic mass is 9.86. The molecule has 5 heteroatoms. The number of hydrogen-bond donors (Lipinski definition) is 3. The molecule has 0 unspecified atom stereocenters. The molecule has 0 aromatic carbocycles. The van der Waals surface area contributed by atoms with Crippen LogP contribution in [0.3, 0.4) is 0 Å². The Morgan fingerprint density at radius 3 is 2.42 bits per heavy atom. The summed E-state index contributed by atoms with van der Waals surface area (Å²) in [6, 6.07) is 0. The van der Waals surface area contributed by atoms with Crippen molar-refractivity contribution in [1.82, 2.24) is 0 Å². The molecule has 0 aromatic heterocycles. The number of carbonyl (C=O) groups is 1. The van der Waals surface area contributed by atoms with Crippen LogP contribution in [0.5, 0.6) is 0 Å². The summed E-state index contributed by atoms with van der Waals surface area (Å²) in [5.74, 6) is -1.64. The van der Waals surface area contributed by atoms with Gasteiger partial charge in [-0.1, -0.05) is 51.2 Å². The summed E-state index contributed by atoms with van der Waals surface area (Å²) in [4.78, 5) is 10.7. The van der Waals surface area contributed by atoms with Crippen molar-refractivity contribution in [3.63, 3.8) is 0 Å². The summed E-state index contributed by atoms with van der Waals surface area (Å²) in [5, 5.41) is 27.3. The van der Waals surface area contributed by atoms with Crippen LogP contribution in [-0.4, -0.2) is 33.0 Å². The average molecular weight is 389 g/mol. The summed E-state index contributed by atoms with van der Waals surface area (Å²) in [5.41, 5.74) is 0. The highest BCUT2D eigenvalue weighted by atomic mass is 35.5. The van der Waals surface area contributed by atoms with Crippen molar-refractivity contribution in [3.8, 4) is 0 Å². The van der Waals surface area contributed by atoms with Gasteiger partial charge in [0, 0.05) is 12.3 Å². The van der Waals surface area contributed by atoms with E-state index in [9.17, 15) is 15.0 Å². The highest BCUT2D eigenvalue weighted by Crippen LogP contribution is 2.41. The summed E-state index contributed by atoms with van der Waals surface area (Å²) in [6.45, 7) is 2.23. The summed E-state index contributed by atoms with van der Waals surface area (Å²) in [7, 11) is 0. The molecule has 0 amide bonds. The predicted octanol–water partition coefficient (Wildman–Crippen LogP) is 5.11. The fourth-order valence-corrected chi connectivity index (χ4v) is 4.39. The van der Waals surface area contributed by atoms with Crippen molar-refractivity contribution in [2.45, 2.75) is 89.8 Å². The first kappa shape index (κ1) is 23.5. The number of aliphatic carboxylic acids is 1. The van der Waals surface area contributed by atoms with Gasteiger partial charge < -0.3 is 15.3 Å². The molecule has 0 heterocycles. The molecule has 1 fully saturated rings. The molecule has 1 aliphatic rings. The van der Waals surface area contributed by atoms with Crippen LogP contribution < -0.4 is 0 Å². The molecule has 152 valence electrons. The first-order chi connectivity index (χ1) is 12.4. The maximum absolute atomic E-state index is 10.7. The molecule has 0 saturated heterocycles. The molecule has 1 saturated carbocycles. The van der Waals surface area contributed by atoms with Crippen LogP contribution in [0.1, 0.15) is 84.0 Å². The topological polar surface area (TPSA) is 77.8 Å². The molecular weight excluding hydrogens is 352 g/mol. The smallest absolute Gasteiger partial charge is 0.364 e. The molecule has 0 aliphatic heterocycles. The monoisotopic (exact) mass is 388 g/mol. The van der Waals surface area contributed by atoms with Crippen LogP contribution in [0.4, 0.5) is 0 Å². The van der Waals surface area contributed by atoms with E-state index in [1.807, 2.05) is 0 Å². The van der Waals surface area contributed by atoms with Gasteiger partial charge in [0.05, 0.1) is 0 Å². The second-order valence-corrected chi connectivity index (χ2v) is 8.14. The lowest BCUT2D eigenvalue weighted by molar-refractivity contribution is -0.205.